The maximum atomic E-state index is 12.2. The molecule has 0 aromatic rings. The standard InChI is InChI=1S/C12H27O5P/c1-4-7-10-14-16-18(13,12-9-6-3)17-15-11-8-5-2/h4-12H2,1-3H3. The summed E-state index contributed by atoms with van der Waals surface area (Å²) in [5, 5.41) is 0. The molecule has 0 heterocycles. The molecule has 0 N–H and O–H groups in total. The minimum atomic E-state index is -3.26. The summed E-state index contributed by atoms with van der Waals surface area (Å²) >= 11 is 0. The van der Waals surface area contributed by atoms with Crippen LogP contribution in [0.3, 0.4) is 0 Å². The van der Waals surface area contributed by atoms with Crippen LogP contribution in [0.15, 0.2) is 0 Å². The monoisotopic (exact) mass is 282 g/mol. The van der Waals surface area contributed by atoms with Crippen molar-refractivity contribution in [3.63, 3.8) is 0 Å². The smallest absolute Gasteiger partial charge is 0.255 e. The van der Waals surface area contributed by atoms with E-state index in [0.29, 0.717) is 19.4 Å². The number of rotatable bonds is 13. The fraction of sp³-hybridized carbons (Fsp3) is 1.00. The molecule has 0 aromatic heterocycles. The van der Waals surface area contributed by atoms with Gasteiger partial charge in [-0.05, 0) is 19.3 Å². The van der Waals surface area contributed by atoms with E-state index >= 15 is 0 Å². The molecule has 0 aliphatic carbocycles. The second kappa shape index (κ2) is 12.1. The van der Waals surface area contributed by atoms with Gasteiger partial charge >= 0.3 is 7.60 Å². The van der Waals surface area contributed by atoms with E-state index in [9.17, 15) is 4.57 Å². The van der Waals surface area contributed by atoms with Crippen molar-refractivity contribution < 1.29 is 23.7 Å². The van der Waals surface area contributed by atoms with Gasteiger partial charge in [0.2, 0.25) is 0 Å². The Morgan fingerprint density at radius 3 is 1.61 bits per heavy atom. The van der Waals surface area contributed by atoms with Gasteiger partial charge in [0.05, 0.1) is 19.4 Å². The van der Waals surface area contributed by atoms with Crippen molar-refractivity contribution in [1.29, 1.82) is 0 Å². The molecule has 0 fully saturated rings. The fourth-order valence-electron chi connectivity index (χ4n) is 1.08. The minimum Gasteiger partial charge on any atom is -0.255 e. The Balaban J connectivity index is 3.95. The first kappa shape index (κ1) is 18.1. The van der Waals surface area contributed by atoms with Crippen LogP contribution >= 0.6 is 7.60 Å². The van der Waals surface area contributed by atoms with Crippen LogP contribution in [0, 0.1) is 0 Å². The highest BCUT2D eigenvalue weighted by Gasteiger charge is 2.27. The Morgan fingerprint density at radius 2 is 1.22 bits per heavy atom. The maximum Gasteiger partial charge on any atom is 0.384 e. The first-order chi connectivity index (χ1) is 8.68. The third kappa shape index (κ3) is 10.0. The van der Waals surface area contributed by atoms with Gasteiger partial charge in [-0.3, -0.25) is 4.57 Å². The number of hydrogen-bond acceptors (Lipinski definition) is 5. The molecule has 5 nitrogen and oxygen atoms in total. The first-order valence-electron chi connectivity index (χ1n) is 6.90. The highest BCUT2D eigenvalue weighted by Crippen LogP contribution is 2.49. The molecule has 0 unspecified atom stereocenters. The predicted octanol–water partition coefficient (Wildman–Crippen LogP) is 4.48. The SMILES string of the molecule is CCCCOOP(=O)(CCCC)OOCCCC. The van der Waals surface area contributed by atoms with Crippen molar-refractivity contribution in [2.75, 3.05) is 19.4 Å². The minimum absolute atomic E-state index is 0.321. The fourth-order valence-corrected chi connectivity index (χ4v) is 2.43. The summed E-state index contributed by atoms with van der Waals surface area (Å²) in [7, 11) is -3.26. The van der Waals surface area contributed by atoms with Crippen molar-refractivity contribution in [2.45, 2.75) is 59.3 Å². The van der Waals surface area contributed by atoms with Crippen molar-refractivity contribution in [1.82, 2.24) is 0 Å². The lowest BCUT2D eigenvalue weighted by molar-refractivity contribution is -0.267. The molecule has 18 heavy (non-hydrogen) atoms. The molecular weight excluding hydrogens is 255 g/mol. The van der Waals surface area contributed by atoms with Crippen LogP contribution in [0.1, 0.15) is 59.3 Å². The molecule has 0 atom stereocenters. The second-order valence-electron chi connectivity index (χ2n) is 4.19. The van der Waals surface area contributed by atoms with Gasteiger partial charge in [-0.2, -0.15) is 0 Å². The van der Waals surface area contributed by atoms with E-state index < -0.39 is 7.60 Å². The van der Waals surface area contributed by atoms with Crippen molar-refractivity contribution >= 4 is 7.60 Å². The summed E-state index contributed by atoms with van der Waals surface area (Å²) in [5.74, 6) is 0. The first-order valence-corrected chi connectivity index (χ1v) is 8.62. The number of hydrogen-bond donors (Lipinski definition) is 0. The van der Waals surface area contributed by atoms with Crippen LogP contribution < -0.4 is 0 Å². The molecule has 6 heteroatoms. The van der Waals surface area contributed by atoms with Crippen molar-refractivity contribution in [3.8, 4) is 0 Å². The van der Waals surface area contributed by atoms with Gasteiger partial charge in [0.15, 0.2) is 0 Å². The molecular formula is C12H27O5P. The van der Waals surface area contributed by atoms with Crippen LogP contribution in [0.2, 0.25) is 0 Å². The zero-order chi connectivity index (χ0) is 13.7. The van der Waals surface area contributed by atoms with Crippen LogP contribution in [0.25, 0.3) is 0 Å². The van der Waals surface area contributed by atoms with E-state index in [1.807, 2.05) is 20.8 Å². The lowest BCUT2D eigenvalue weighted by atomic mass is 10.4. The summed E-state index contributed by atoms with van der Waals surface area (Å²) in [6.07, 6.45) is 5.72. The molecule has 0 bridgehead atoms. The highest BCUT2D eigenvalue weighted by atomic mass is 31.2. The third-order valence-electron chi connectivity index (χ3n) is 2.28. The van der Waals surface area contributed by atoms with E-state index in [0.717, 1.165) is 38.5 Å². The Kier molecular flexibility index (Phi) is 12.2. The Labute approximate surface area is 111 Å². The summed E-state index contributed by atoms with van der Waals surface area (Å²) in [6.45, 7) is 6.95. The van der Waals surface area contributed by atoms with E-state index in [-0.39, 0.29) is 0 Å². The van der Waals surface area contributed by atoms with E-state index in [1.165, 1.54) is 0 Å². The summed E-state index contributed by atoms with van der Waals surface area (Å²) in [5.41, 5.74) is 0. The second-order valence-corrected chi connectivity index (χ2v) is 6.16. The van der Waals surface area contributed by atoms with Crippen LogP contribution in [0.4, 0.5) is 0 Å². The Morgan fingerprint density at radius 1 is 0.778 bits per heavy atom. The van der Waals surface area contributed by atoms with Crippen LogP contribution in [-0.4, -0.2) is 19.4 Å². The predicted molar refractivity (Wildman–Crippen MR) is 71.3 cm³/mol. The Hall–Kier alpha value is 0.0700. The van der Waals surface area contributed by atoms with E-state index in [4.69, 9.17) is 19.1 Å². The maximum absolute atomic E-state index is 12.2. The molecule has 0 spiro atoms. The largest absolute Gasteiger partial charge is 0.384 e. The molecule has 0 aliphatic rings. The third-order valence-corrected chi connectivity index (χ3v) is 3.81. The normalized spacial score (nSPS) is 11.9. The van der Waals surface area contributed by atoms with Gasteiger partial charge in [0.25, 0.3) is 0 Å². The lowest BCUT2D eigenvalue weighted by Crippen LogP contribution is -2.04. The molecule has 0 aliphatic heterocycles. The van der Waals surface area contributed by atoms with Gasteiger partial charge in [-0.1, -0.05) is 40.0 Å². The van der Waals surface area contributed by atoms with E-state index in [2.05, 4.69) is 0 Å². The summed E-state index contributed by atoms with van der Waals surface area (Å²) in [6, 6.07) is 0. The van der Waals surface area contributed by atoms with Gasteiger partial charge in [-0.15, -0.1) is 9.35 Å². The molecule has 0 aromatic carbocycles. The van der Waals surface area contributed by atoms with Crippen LogP contribution in [0.5, 0.6) is 0 Å². The zero-order valence-electron chi connectivity index (χ0n) is 11.9. The lowest BCUT2D eigenvalue weighted by Gasteiger charge is -2.15. The summed E-state index contributed by atoms with van der Waals surface area (Å²) in [4.78, 5) is 9.85. The molecule has 0 saturated carbocycles. The van der Waals surface area contributed by atoms with Gasteiger partial charge in [0, 0.05) is 0 Å². The number of unbranched alkanes of at least 4 members (excludes halogenated alkanes) is 3. The molecule has 110 valence electrons. The molecule has 0 radical (unpaired) electrons. The zero-order valence-corrected chi connectivity index (χ0v) is 12.7. The topological polar surface area (TPSA) is 54.0 Å². The van der Waals surface area contributed by atoms with Gasteiger partial charge in [-0.25, -0.2) is 9.78 Å². The molecule has 0 rings (SSSR count). The quantitative estimate of drug-likeness (QED) is 0.216. The van der Waals surface area contributed by atoms with E-state index in [1.54, 1.807) is 0 Å². The molecule has 0 saturated heterocycles. The van der Waals surface area contributed by atoms with Crippen LogP contribution in [-0.2, 0) is 23.7 Å². The Bertz CT molecular complexity index is 207. The van der Waals surface area contributed by atoms with Crippen molar-refractivity contribution in [3.05, 3.63) is 0 Å². The average Bonchev–Trinajstić information content (AvgIpc) is 2.38. The van der Waals surface area contributed by atoms with Gasteiger partial charge < -0.3 is 0 Å². The van der Waals surface area contributed by atoms with Gasteiger partial charge in [0.1, 0.15) is 0 Å². The van der Waals surface area contributed by atoms with Crippen molar-refractivity contribution in [2.24, 2.45) is 0 Å². The summed E-state index contributed by atoms with van der Waals surface area (Å²) < 4.78 is 22.0. The molecule has 0 amide bonds. The highest BCUT2D eigenvalue weighted by molar-refractivity contribution is 7.53. The average molecular weight is 282 g/mol.